The normalized spacial score (nSPS) is 11.4. The fraction of sp³-hybridized carbons (Fsp3) is 0.286. The van der Waals surface area contributed by atoms with Gasteiger partial charge in [0.25, 0.3) is 0 Å². The van der Waals surface area contributed by atoms with Crippen LogP contribution < -0.4 is 16.2 Å². The topological polar surface area (TPSA) is 74.2 Å². The summed E-state index contributed by atoms with van der Waals surface area (Å²) < 4.78 is 39.0. The van der Waals surface area contributed by atoms with Gasteiger partial charge in [0.2, 0.25) is 0 Å². The lowest BCUT2D eigenvalue weighted by atomic mass is 10.3. The number of ether oxygens (including phenoxy) is 1. The molecule has 0 aliphatic carbocycles. The Labute approximate surface area is 77.7 Å². The Hall–Kier alpha value is -1.66. The van der Waals surface area contributed by atoms with Crippen LogP contribution in [0.5, 0.6) is 5.75 Å². The summed E-state index contributed by atoms with van der Waals surface area (Å²) in [5.74, 6) is -0.922. The maximum Gasteiger partial charge on any atom is 0.573 e. The number of aryl methyl sites for hydroxylation is 1. The van der Waals surface area contributed by atoms with Gasteiger partial charge >= 0.3 is 6.36 Å². The highest BCUT2D eigenvalue weighted by atomic mass is 19.4. The van der Waals surface area contributed by atoms with E-state index >= 15 is 0 Å². The molecule has 4 nitrogen and oxygen atoms in total. The molecule has 0 atom stereocenters. The molecule has 0 fully saturated rings. The van der Waals surface area contributed by atoms with Crippen molar-refractivity contribution in [2.45, 2.75) is 13.3 Å². The summed E-state index contributed by atoms with van der Waals surface area (Å²) in [6, 6.07) is 0.991. The number of pyridine rings is 1. The van der Waals surface area contributed by atoms with E-state index in [0.717, 1.165) is 6.07 Å². The van der Waals surface area contributed by atoms with Gasteiger partial charge in [-0.3, -0.25) is 0 Å². The number of anilines is 2. The summed E-state index contributed by atoms with van der Waals surface area (Å²) in [5, 5.41) is 0. The Morgan fingerprint density at radius 3 is 2.43 bits per heavy atom. The predicted molar refractivity (Wildman–Crippen MR) is 44.5 cm³/mol. The number of hydrogen-bond donors (Lipinski definition) is 2. The first kappa shape index (κ1) is 10.4. The van der Waals surface area contributed by atoms with Gasteiger partial charge in [0, 0.05) is 6.07 Å². The van der Waals surface area contributed by atoms with Crippen molar-refractivity contribution in [2.75, 3.05) is 11.5 Å². The molecule has 0 radical (unpaired) electrons. The zero-order valence-electron chi connectivity index (χ0n) is 7.22. The summed E-state index contributed by atoms with van der Waals surface area (Å²) in [4.78, 5) is 3.59. The quantitative estimate of drug-likeness (QED) is 0.730. The van der Waals surface area contributed by atoms with Gasteiger partial charge < -0.3 is 16.2 Å². The first-order chi connectivity index (χ1) is 6.29. The zero-order chi connectivity index (χ0) is 10.9. The summed E-state index contributed by atoms with van der Waals surface area (Å²) >= 11 is 0. The highest BCUT2D eigenvalue weighted by molar-refractivity contribution is 5.57. The van der Waals surface area contributed by atoms with Crippen molar-refractivity contribution in [1.82, 2.24) is 4.98 Å². The highest BCUT2D eigenvalue weighted by Gasteiger charge is 2.32. The van der Waals surface area contributed by atoms with Gasteiger partial charge in [-0.05, 0) is 6.92 Å². The van der Waals surface area contributed by atoms with E-state index in [9.17, 15) is 13.2 Å². The van der Waals surface area contributed by atoms with Crippen LogP contribution in [0.4, 0.5) is 24.7 Å². The smallest absolute Gasteiger partial charge is 0.402 e. The van der Waals surface area contributed by atoms with E-state index in [4.69, 9.17) is 11.5 Å². The van der Waals surface area contributed by atoms with Crippen LogP contribution >= 0.6 is 0 Å². The largest absolute Gasteiger partial charge is 0.573 e. The van der Waals surface area contributed by atoms with Crippen LogP contribution in [0, 0.1) is 6.92 Å². The average Bonchev–Trinajstić information content (AvgIpc) is 1.97. The van der Waals surface area contributed by atoms with E-state index in [0.29, 0.717) is 5.69 Å². The summed E-state index contributed by atoms with van der Waals surface area (Å²) in [7, 11) is 0. The molecule has 0 spiro atoms. The molecule has 4 N–H and O–H groups in total. The van der Waals surface area contributed by atoms with E-state index in [1.807, 2.05) is 0 Å². The molecule has 0 saturated heterocycles. The summed E-state index contributed by atoms with van der Waals surface area (Å²) in [6.07, 6.45) is -4.79. The van der Waals surface area contributed by atoms with Crippen molar-refractivity contribution in [1.29, 1.82) is 0 Å². The summed E-state index contributed by atoms with van der Waals surface area (Å²) in [5.41, 5.74) is 11.0. The minimum absolute atomic E-state index is 0.0958. The molecule has 1 aromatic rings. The number of rotatable bonds is 1. The van der Waals surface area contributed by atoms with E-state index in [1.165, 1.54) is 6.92 Å². The lowest BCUT2D eigenvalue weighted by Crippen LogP contribution is -2.18. The second-order valence-corrected chi connectivity index (χ2v) is 2.59. The molecule has 0 aliphatic heterocycles. The first-order valence-corrected chi connectivity index (χ1v) is 3.58. The van der Waals surface area contributed by atoms with Crippen molar-refractivity contribution in [3.8, 4) is 5.75 Å². The Kier molecular flexibility index (Phi) is 2.41. The molecule has 0 bridgehead atoms. The molecule has 1 aromatic heterocycles. The van der Waals surface area contributed by atoms with Gasteiger partial charge in [0.05, 0.1) is 11.4 Å². The number of nitrogen functional groups attached to an aromatic ring is 2. The molecule has 1 heterocycles. The van der Waals surface area contributed by atoms with Crippen LogP contribution in [-0.4, -0.2) is 11.3 Å². The second-order valence-electron chi connectivity index (χ2n) is 2.59. The summed E-state index contributed by atoms with van der Waals surface area (Å²) in [6.45, 7) is 1.53. The van der Waals surface area contributed by atoms with Crippen LogP contribution in [0.15, 0.2) is 6.07 Å². The van der Waals surface area contributed by atoms with Crippen molar-refractivity contribution in [2.24, 2.45) is 0 Å². The maximum absolute atomic E-state index is 11.8. The minimum Gasteiger partial charge on any atom is -0.402 e. The second kappa shape index (κ2) is 3.24. The van der Waals surface area contributed by atoms with Crippen LogP contribution in [0.1, 0.15) is 5.69 Å². The molecular formula is C7H8F3N3O. The monoisotopic (exact) mass is 207 g/mol. The van der Waals surface area contributed by atoms with Crippen molar-refractivity contribution in [3.63, 3.8) is 0 Å². The van der Waals surface area contributed by atoms with Crippen molar-refractivity contribution < 1.29 is 17.9 Å². The van der Waals surface area contributed by atoms with Gasteiger partial charge in [0.15, 0.2) is 11.6 Å². The highest BCUT2D eigenvalue weighted by Crippen LogP contribution is 2.29. The SMILES string of the molecule is Cc1nc(N)c(OC(F)(F)F)cc1N. The Morgan fingerprint density at radius 2 is 1.93 bits per heavy atom. The standard InChI is InChI=1S/C7H8F3N3O/c1-3-4(11)2-5(6(12)13-3)14-7(8,9)10/h2H,11H2,1H3,(H2,12,13). The maximum atomic E-state index is 11.8. The molecule has 0 amide bonds. The van der Waals surface area contributed by atoms with Crippen LogP contribution in [0.25, 0.3) is 0 Å². The van der Waals surface area contributed by atoms with E-state index in [1.54, 1.807) is 0 Å². The molecule has 0 aliphatic rings. The molecular weight excluding hydrogens is 199 g/mol. The first-order valence-electron chi connectivity index (χ1n) is 3.58. The van der Waals surface area contributed by atoms with Gasteiger partial charge in [-0.15, -0.1) is 13.2 Å². The zero-order valence-corrected chi connectivity index (χ0v) is 7.22. The Balaban J connectivity index is 3.04. The number of nitrogens with two attached hydrogens (primary N) is 2. The van der Waals surface area contributed by atoms with Gasteiger partial charge in [-0.2, -0.15) is 0 Å². The minimum atomic E-state index is -4.79. The van der Waals surface area contributed by atoms with E-state index in [-0.39, 0.29) is 11.5 Å². The van der Waals surface area contributed by atoms with Gasteiger partial charge in [-0.25, -0.2) is 4.98 Å². The van der Waals surface area contributed by atoms with E-state index < -0.39 is 12.1 Å². The number of nitrogens with zero attached hydrogens (tertiary/aromatic N) is 1. The molecule has 78 valence electrons. The molecule has 14 heavy (non-hydrogen) atoms. The number of hydrogen-bond acceptors (Lipinski definition) is 4. The lowest BCUT2D eigenvalue weighted by molar-refractivity contribution is -0.274. The fourth-order valence-electron chi connectivity index (χ4n) is 0.826. The fourth-order valence-corrected chi connectivity index (χ4v) is 0.826. The van der Waals surface area contributed by atoms with Crippen LogP contribution in [-0.2, 0) is 0 Å². The number of alkyl halides is 3. The average molecular weight is 207 g/mol. The molecule has 7 heteroatoms. The number of halogens is 3. The van der Waals surface area contributed by atoms with Gasteiger partial charge in [0.1, 0.15) is 0 Å². The van der Waals surface area contributed by atoms with Crippen LogP contribution in [0.2, 0.25) is 0 Å². The molecule has 0 unspecified atom stereocenters. The molecule has 0 saturated carbocycles. The van der Waals surface area contributed by atoms with Gasteiger partial charge in [-0.1, -0.05) is 0 Å². The van der Waals surface area contributed by atoms with Crippen LogP contribution in [0.3, 0.4) is 0 Å². The third-order valence-electron chi connectivity index (χ3n) is 1.47. The third-order valence-corrected chi connectivity index (χ3v) is 1.47. The third kappa shape index (κ3) is 2.41. The Morgan fingerprint density at radius 1 is 1.36 bits per heavy atom. The Bertz CT molecular complexity index is 351. The molecule has 1 rings (SSSR count). The number of aromatic nitrogens is 1. The van der Waals surface area contributed by atoms with Crippen molar-refractivity contribution in [3.05, 3.63) is 11.8 Å². The lowest BCUT2D eigenvalue weighted by Gasteiger charge is -2.11. The predicted octanol–water partition coefficient (Wildman–Crippen LogP) is 1.45. The van der Waals surface area contributed by atoms with Crippen molar-refractivity contribution >= 4 is 11.5 Å². The van der Waals surface area contributed by atoms with E-state index in [2.05, 4.69) is 9.72 Å². The molecule has 0 aromatic carbocycles.